The van der Waals surface area contributed by atoms with E-state index in [0.29, 0.717) is 11.3 Å². The molecule has 1 heterocycles. The van der Waals surface area contributed by atoms with Crippen LogP contribution in [0.1, 0.15) is 11.3 Å². The van der Waals surface area contributed by atoms with Crippen LogP contribution in [0.2, 0.25) is 0 Å². The first-order valence-corrected chi connectivity index (χ1v) is 2.91. The number of rotatable bonds is 0. The van der Waals surface area contributed by atoms with Gasteiger partial charge in [0, 0.05) is 5.56 Å². The second kappa shape index (κ2) is 2.17. The molecule has 54 valence electrons. The first kappa shape index (κ1) is 6.86. The second-order valence-corrected chi connectivity index (χ2v) is 2.13. The van der Waals surface area contributed by atoms with Crippen molar-refractivity contribution in [3.05, 3.63) is 27.8 Å². The summed E-state index contributed by atoms with van der Waals surface area (Å²) in [5, 5.41) is 9.02. The molecule has 1 aromatic heterocycles. The summed E-state index contributed by atoms with van der Waals surface area (Å²) < 4.78 is 4.67. The predicted molar refractivity (Wildman–Crippen MR) is 36.1 cm³/mol. The van der Waals surface area contributed by atoms with Gasteiger partial charge in [-0.15, -0.1) is 0 Å². The fraction of sp³-hybridized carbons (Fsp3) is 0.286. The summed E-state index contributed by atoms with van der Waals surface area (Å²) in [7, 11) is 0. The summed E-state index contributed by atoms with van der Waals surface area (Å²) in [4.78, 5) is 10.5. The lowest BCUT2D eigenvalue weighted by Gasteiger charge is -1.97. The third-order valence-corrected chi connectivity index (χ3v) is 1.42. The Bertz CT molecular complexity index is 272. The van der Waals surface area contributed by atoms with Gasteiger partial charge in [0.1, 0.15) is 11.5 Å². The maximum Gasteiger partial charge on any atom is 0.339 e. The van der Waals surface area contributed by atoms with Crippen LogP contribution >= 0.6 is 0 Å². The van der Waals surface area contributed by atoms with Gasteiger partial charge < -0.3 is 9.52 Å². The minimum atomic E-state index is -0.513. The molecule has 0 amide bonds. The number of aryl methyl sites for hydroxylation is 1. The van der Waals surface area contributed by atoms with Gasteiger partial charge in [-0.2, -0.15) is 0 Å². The van der Waals surface area contributed by atoms with Gasteiger partial charge in [-0.3, -0.25) is 0 Å². The van der Waals surface area contributed by atoms with E-state index in [-0.39, 0.29) is 5.75 Å². The van der Waals surface area contributed by atoms with Crippen molar-refractivity contribution in [1.29, 1.82) is 0 Å². The Hall–Kier alpha value is -1.25. The zero-order valence-corrected chi connectivity index (χ0v) is 5.84. The van der Waals surface area contributed by atoms with Gasteiger partial charge in [0.05, 0.1) is 6.07 Å². The molecule has 10 heavy (non-hydrogen) atoms. The van der Waals surface area contributed by atoms with Crippen molar-refractivity contribution in [2.24, 2.45) is 0 Å². The highest BCUT2D eigenvalue weighted by atomic mass is 16.4. The predicted octanol–water partition coefficient (Wildman–Crippen LogP) is 0.962. The molecule has 0 radical (unpaired) electrons. The van der Waals surface area contributed by atoms with Crippen molar-refractivity contribution >= 4 is 0 Å². The van der Waals surface area contributed by atoms with E-state index in [1.807, 2.05) is 0 Å². The smallest absolute Gasteiger partial charge is 0.339 e. The zero-order valence-electron chi connectivity index (χ0n) is 5.84. The highest BCUT2D eigenvalue weighted by Gasteiger charge is 2.01. The molecule has 1 aromatic rings. The number of aromatic hydroxyl groups is 1. The van der Waals surface area contributed by atoms with Crippen molar-refractivity contribution in [2.45, 2.75) is 13.8 Å². The van der Waals surface area contributed by atoms with Crippen LogP contribution in [0.3, 0.4) is 0 Å². The summed E-state index contributed by atoms with van der Waals surface area (Å²) in [5.41, 5.74) is 0.0974. The van der Waals surface area contributed by atoms with E-state index in [2.05, 4.69) is 4.42 Å². The fourth-order valence-electron chi connectivity index (χ4n) is 0.657. The van der Waals surface area contributed by atoms with Crippen LogP contribution in [-0.2, 0) is 0 Å². The largest absolute Gasteiger partial charge is 0.507 e. The van der Waals surface area contributed by atoms with Gasteiger partial charge in [-0.1, -0.05) is 0 Å². The Labute approximate surface area is 57.9 Å². The minimum Gasteiger partial charge on any atom is -0.507 e. The number of hydrogen-bond donors (Lipinski definition) is 1. The first-order valence-electron chi connectivity index (χ1n) is 2.91. The topological polar surface area (TPSA) is 50.4 Å². The SMILES string of the molecule is Cc1oc(=O)cc(O)c1C. The molecule has 3 nitrogen and oxygen atoms in total. The van der Waals surface area contributed by atoms with Crippen molar-refractivity contribution in [2.75, 3.05) is 0 Å². The lowest BCUT2D eigenvalue weighted by atomic mass is 10.2. The van der Waals surface area contributed by atoms with E-state index in [9.17, 15) is 4.79 Å². The number of hydrogen-bond acceptors (Lipinski definition) is 3. The maximum atomic E-state index is 10.5. The molecule has 0 saturated heterocycles. The summed E-state index contributed by atoms with van der Waals surface area (Å²) in [6.07, 6.45) is 0. The molecule has 0 atom stereocenters. The highest BCUT2D eigenvalue weighted by molar-refractivity contribution is 5.30. The Kier molecular flexibility index (Phi) is 1.49. The molecule has 0 saturated carbocycles. The summed E-state index contributed by atoms with van der Waals surface area (Å²) in [6, 6.07) is 1.06. The average molecular weight is 140 g/mol. The van der Waals surface area contributed by atoms with Gasteiger partial charge in [-0.05, 0) is 13.8 Å². The summed E-state index contributed by atoms with van der Waals surface area (Å²) in [6.45, 7) is 3.32. The van der Waals surface area contributed by atoms with Crippen molar-refractivity contribution < 1.29 is 9.52 Å². The van der Waals surface area contributed by atoms with Gasteiger partial charge in [0.25, 0.3) is 0 Å². The van der Waals surface area contributed by atoms with Crippen LogP contribution in [0, 0.1) is 13.8 Å². The third-order valence-electron chi connectivity index (χ3n) is 1.42. The zero-order chi connectivity index (χ0) is 7.72. The van der Waals surface area contributed by atoms with Gasteiger partial charge in [0.2, 0.25) is 0 Å². The molecule has 0 aliphatic carbocycles. The van der Waals surface area contributed by atoms with Crippen LogP contribution in [0.4, 0.5) is 0 Å². The molecule has 1 N–H and O–H groups in total. The quantitative estimate of drug-likeness (QED) is 0.584. The highest BCUT2D eigenvalue weighted by Crippen LogP contribution is 2.15. The Morgan fingerprint density at radius 2 is 2.10 bits per heavy atom. The molecule has 0 bridgehead atoms. The monoisotopic (exact) mass is 140 g/mol. The van der Waals surface area contributed by atoms with Gasteiger partial charge >= 0.3 is 5.63 Å². The van der Waals surface area contributed by atoms with Crippen LogP contribution in [0.25, 0.3) is 0 Å². The molecular weight excluding hydrogens is 132 g/mol. The van der Waals surface area contributed by atoms with E-state index in [1.54, 1.807) is 13.8 Å². The van der Waals surface area contributed by atoms with Crippen LogP contribution in [0.5, 0.6) is 5.75 Å². The van der Waals surface area contributed by atoms with Crippen LogP contribution < -0.4 is 5.63 Å². The standard InChI is InChI=1S/C7H8O3/c1-4-5(2)10-7(9)3-6(4)8/h3,8H,1-2H3. The van der Waals surface area contributed by atoms with Crippen molar-refractivity contribution in [3.63, 3.8) is 0 Å². The maximum absolute atomic E-state index is 10.5. The third kappa shape index (κ3) is 1.03. The van der Waals surface area contributed by atoms with E-state index < -0.39 is 5.63 Å². The normalized spacial score (nSPS) is 9.80. The van der Waals surface area contributed by atoms with E-state index in [1.165, 1.54) is 0 Å². The van der Waals surface area contributed by atoms with Crippen LogP contribution in [-0.4, -0.2) is 5.11 Å². The summed E-state index contributed by atoms with van der Waals surface area (Å²) >= 11 is 0. The molecule has 0 unspecified atom stereocenters. The van der Waals surface area contributed by atoms with E-state index in [4.69, 9.17) is 5.11 Å². The molecule has 3 heteroatoms. The van der Waals surface area contributed by atoms with Gasteiger partial charge in [0.15, 0.2) is 0 Å². The lowest BCUT2D eigenvalue weighted by molar-refractivity contribution is 0.427. The molecule has 1 rings (SSSR count). The Morgan fingerprint density at radius 1 is 1.50 bits per heavy atom. The fourth-order valence-corrected chi connectivity index (χ4v) is 0.657. The molecule has 0 fully saturated rings. The lowest BCUT2D eigenvalue weighted by Crippen LogP contribution is -1.98. The van der Waals surface area contributed by atoms with Gasteiger partial charge in [-0.25, -0.2) is 4.79 Å². The van der Waals surface area contributed by atoms with Crippen LogP contribution in [0.15, 0.2) is 15.3 Å². The minimum absolute atomic E-state index is 0.00579. The Balaban J connectivity index is 3.46. The van der Waals surface area contributed by atoms with E-state index in [0.717, 1.165) is 6.07 Å². The van der Waals surface area contributed by atoms with E-state index >= 15 is 0 Å². The molecule has 0 aliphatic rings. The molecule has 0 aliphatic heterocycles. The first-order chi connectivity index (χ1) is 4.61. The molecule has 0 spiro atoms. The second-order valence-electron chi connectivity index (χ2n) is 2.13. The Morgan fingerprint density at radius 3 is 2.60 bits per heavy atom. The molecule has 0 aromatic carbocycles. The van der Waals surface area contributed by atoms with Crippen molar-refractivity contribution in [3.8, 4) is 5.75 Å². The summed E-state index contributed by atoms with van der Waals surface area (Å²) in [5.74, 6) is 0.457. The van der Waals surface area contributed by atoms with Crippen molar-refractivity contribution in [1.82, 2.24) is 0 Å². The average Bonchev–Trinajstić information content (AvgIpc) is 1.82. The molecular formula is C7H8O3.